The lowest BCUT2D eigenvalue weighted by molar-refractivity contribution is 0.102. The number of hydrogen-bond donors (Lipinski definition) is 2. The van der Waals surface area contributed by atoms with E-state index >= 15 is 0 Å². The largest absolute Gasteiger partial charge is 0.388 e. The number of anilines is 1. The Labute approximate surface area is 130 Å². The fourth-order valence-corrected chi connectivity index (χ4v) is 2.86. The molecule has 0 saturated carbocycles. The average Bonchev–Trinajstić information content (AvgIpc) is 2.86. The van der Waals surface area contributed by atoms with Gasteiger partial charge >= 0.3 is 0 Å². The van der Waals surface area contributed by atoms with Crippen LogP contribution in [0.2, 0.25) is 5.02 Å². The van der Waals surface area contributed by atoms with Crippen molar-refractivity contribution in [3.8, 4) is 0 Å². The first-order chi connectivity index (χ1) is 10.5. The van der Waals surface area contributed by atoms with Gasteiger partial charge in [-0.05, 0) is 48.7 Å². The van der Waals surface area contributed by atoms with Crippen molar-refractivity contribution >= 4 is 23.2 Å². The average molecular weight is 324 g/mol. The zero-order valence-corrected chi connectivity index (χ0v) is 12.1. The van der Waals surface area contributed by atoms with Crippen LogP contribution in [0.3, 0.4) is 0 Å². The van der Waals surface area contributed by atoms with Crippen molar-refractivity contribution in [3.63, 3.8) is 0 Å². The molecule has 0 fully saturated rings. The van der Waals surface area contributed by atoms with Crippen molar-refractivity contribution in [3.05, 3.63) is 63.7 Å². The van der Waals surface area contributed by atoms with E-state index in [0.717, 1.165) is 6.07 Å². The summed E-state index contributed by atoms with van der Waals surface area (Å²) in [5.41, 5.74) is 1.34. The second-order valence-electron chi connectivity index (χ2n) is 5.12. The minimum absolute atomic E-state index is 0.0995. The van der Waals surface area contributed by atoms with Crippen LogP contribution in [0, 0.1) is 11.6 Å². The number of nitrogens with one attached hydrogen (secondary N) is 1. The zero-order valence-electron chi connectivity index (χ0n) is 11.4. The van der Waals surface area contributed by atoms with Gasteiger partial charge in [0.1, 0.15) is 11.6 Å². The molecular weight excluding hydrogens is 312 g/mol. The number of rotatable bonds is 2. The second-order valence-corrected chi connectivity index (χ2v) is 5.53. The Morgan fingerprint density at radius 2 is 1.95 bits per heavy atom. The number of benzene rings is 2. The van der Waals surface area contributed by atoms with Crippen LogP contribution >= 0.6 is 11.6 Å². The molecular formula is C16H12ClF2NO2. The van der Waals surface area contributed by atoms with Gasteiger partial charge in [0.2, 0.25) is 0 Å². The molecule has 2 aromatic carbocycles. The molecule has 0 heterocycles. The third kappa shape index (κ3) is 2.58. The van der Waals surface area contributed by atoms with Crippen molar-refractivity contribution in [2.24, 2.45) is 0 Å². The number of aliphatic hydroxyl groups is 1. The number of fused-ring (bicyclic) bond motifs is 1. The van der Waals surface area contributed by atoms with Gasteiger partial charge in [-0.15, -0.1) is 0 Å². The highest BCUT2D eigenvalue weighted by molar-refractivity contribution is 6.31. The fourth-order valence-electron chi connectivity index (χ4n) is 2.68. The minimum atomic E-state index is -0.886. The number of halogens is 3. The third-order valence-electron chi connectivity index (χ3n) is 3.73. The summed E-state index contributed by atoms with van der Waals surface area (Å²) in [6.07, 6.45) is -0.0665. The zero-order chi connectivity index (χ0) is 15.9. The quantitative estimate of drug-likeness (QED) is 0.882. The van der Waals surface area contributed by atoms with Gasteiger partial charge < -0.3 is 10.4 Å². The van der Waals surface area contributed by atoms with Gasteiger partial charge in [0.25, 0.3) is 5.91 Å². The molecule has 1 amide bonds. The lowest BCUT2D eigenvalue weighted by atomic mass is 10.0. The molecule has 0 radical (unpaired) electrons. The molecule has 1 atom stereocenters. The highest BCUT2D eigenvalue weighted by Crippen LogP contribution is 2.35. The van der Waals surface area contributed by atoms with Crippen LogP contribution < -0.4 is 5.32 Å². The molecule has 22 heavy (non-hydrogen) atoms. The predicted molar refractivity (Wildman–Crippen MR) is 79.0 cm³/mol. The monoisotopic (exact) mass is 323 g/mol. The van der Waals surface area contributed by atoms with Crippen molar-refractivity contribution in [2.75, 3.05) is 5.32 Å². The van der Waals surface area contributed by atoms with E-state index in [0.29, 0.717) is 29.7 Å². The molecule has 1 unspecified atom stereocenters. The van der Waals surface area contributed by atoms with Crippen LogP contribution in [0.5, 0.6) is 0 Å². The molecule has 3 nitrogen and oxygen atoms in total. The van der Waals surface area contributed by atoms with E-state index in [9.17, 15) is 18.7 Å². The van der Waals surface area contributed by atoms with Gasteiger partial charge in [-0.3, -0.25) is 4.79 Å². The van der Waals surface area contributed by atoms with Crippen molar-refractivity contribution < 1.29 is 18.7 Å². The number of carbonyl (C=O) groups is 1. The van der Waals surface area contributed by atoms with Gasteiger partial charge in [0.05, 0.1) is 11.1 Å². The standard InChI is InChI=1S/C16H12ClF2NO2/c17-11-7-8(1-4-12(11)18)20-16(22)10-2-5-13(19)15-9(10)3-6-14(15)21/h1-2,4-5,7,14,21H,3,6H2,(H,20,22). The molecule has 3 rings (SSSR count). The first-order valence-corrected chi connectivity index (χ1v) is 7.11. The van der Waals surface area contributed by atoms with Crippen LogP contribution in [0.1, 0.15) is 34.0 Å². The molecule has 1 aliphatic rings. The highest BCUT2D eigenvalue weighted by Gasteiger charge is 2.28. The van der Waals surface area contributed by atoms with Gasteiger partial charge in [-0.1, -0.05) is 11.6 Å². The minimum Gasteiger partial charge on any atom is -0.388 e. The fraction of sp³-hybridized carbons (Fsp3) is 0.188. The summed E-state index contributed by atoms with van der Waals surface area (Å²) in [5, 5.41) is 12.3. The summed E-state index contributed by atoms with van der Waals surface area (Å²) in [5.74, 6) is -1.54. The summed E-state index contributed by atoms with van der Waals surface area (Å²) < 4.78 is 26.9. The Morgan fingerprint density at radius 3 is 2.68 bits per heavy atom. The SMILES string of the molecule is O=C(Nc1ccc(F)c(Cl)c1)c1ccc(F)c2c1CCC2O. The Morgan fingerprint density at radius 1 is 1.23 bits per heavy atom. The molecule has 0 saturated heterocycles. The Balaban J connectivity index is 1.92. The lowest BCUT2D eigenvalue weighted by Crippen LogP contribution is -2.15. The maximum atomic E-state index is 13.8. The predicted octanol–water partition coefficient (Wildman–Crippen LogP) is 3.85. The first kappa shape index (κ1) is 14.9. The molecule has 1 aliphatic carbocycles. The van der Waals surface area contributed by atoms with E-state index in [-0.39, 0.29) is 10.6 Å². The molecule has 0 aromatic heterocycles. The van der Waals surface area contributed by atoms with Crippen LogP contribution in [0.4, 0.5) is 14.5 Å². The summed E-state index contributed by atoms with van der Waals surface area (Å²) in [6, 6.07) is 6.38. The Kier molecular flexibility index (Phi) is 3.85. The van der Waals surface area contributed by atoms with Crippen LogP contribution in [0.15, 0.2) is 30.3 Å². The Hall–Kier alpha value is -1.98. The maximum absolute atomic E-state index is 13.8. The normalized spacial score (nSPS) is 16.5. The van der Waals surface area contributed by atoms with E-state index in [1.165, 1.54) is 24.3 Å². The highest BCUT2D eigenvalue weighted by atomic mass is 35.5. The maximum Gasteiger partial charge on any atom is 0.255 e. The van der Waals surface area contributed by atoms with Crippen LogP contribution in [-0.4, -0.2) is 11.0 Å². The molecule has 114 valence electrons. The lowest BCUT2D eigenvalue weighted by Gasteiger charge is -2.11. The van der Waals surface area contributed by atoms with Gasteiger partial charge in [-0.25, -0.2) is 8.78 Å². The molecule has 6 heteroatoms. The second kappa shape index (κ2) is 5.66. The van der Waals surface area contributed by atoms with Crippen molar-refractivity contribution in [2.45, 2.75) is 18.9 Å². The molecule has 2 aromatic rings. The number of amides is 1. The summed E-state index contributed by atoms with van der Waals surface area (Å²) >= 11 is 5.67. The number of carbonyl (C=O) groups excluding carboxylic acids is 1. The third-order valence-corrected chi connectivity index (χ3v) is 4.02. The van der Waals surface area contributed by atoms with Crippen molar-refractivity contribution in [1.82, 2.24) is 0 Å². The van der Waals surface area contributed by atoms with Gasteiger partial charge in [0, 0.05) is 16.8 Å². The van der Waals surface area contributed by atoms with E-state index < -0.39 is 23.6 Å². The summed E-state index contributed by atoms with van der Waals surface area (Å²) in [7, 11) is 0. The van der Waals surface area contributed by atoms with Gasteiger partial charge in [-0.2, -0.15) is 0 Å². The van der Waals surface area contributed by atoms with Crippen molar-refractivity contribution in [1.29, 1.82) is 0 Å². The molecule has 0 aliphatic heterocycles. The Bertz CT molecular complexity index is 764. The smallest absolute Gasteiger partial charge is 0.255 e. The number of aliphatic hydroxyl groups excluding tert-OH is 1. The summed E-state index contributed by atoms with van der Waals surface area (Å²) in [4.78, 5) is 12.3. The van der Waals surface area contributed by atoms with Gasteiger partial charge in [0.15, 0.2) is 0 Å². The number of hydrogen-bond acceptors (Lipinski definition) is 2. The molecule has 2 N–H and O–H groups in total. The first-order valence-electron chi connectivity index (χ1n) is 6.73. The summed E-state index contributed by atoms with van der Waals surface area (Å²) in [6.45, 7) is 0. The topological polar surface area (TPSA) is 49.3 Å². The van der Waals surface area contributed by atoms with E-state index in [1.54, 1.807) is 0 Å². The van der Waals surface area contributed by atoms with Crippen LogP contribution in [-0.2, 0) is 6.42 Å². The van der Waals surface area contributed by atoms with E-state index in [2.05, 4.69) is 5.32 Å². The molecule has 0 bridgehead atoms. The molecule has 0 spiro atoms. The van der Waals surface area contributed by atoms with E-state index in [1.807, 2.05) is 0 Å². The van der Waals surface area contributed by atoms with E-state index in [4.69, 9.17) is 11.6 Å². The van der Waals surface area contributed by atoms with Crippen LogP contribution in [0.25, 0.3) is 0 Å².